The Morgan fingerprint density at radius 1 is 1.14 bits per heavy atom. The number of ether oxygens (including phenoxy) is 2. The predicted molar refractivity (Wildman–Crippen MR) is 111 cm³/mol. The number of hydrogen-bond acceptors (Lipinski definition) is 6. The summed E-state index contributed by atoms with van der Waals surface area (Å²) in [5.41, 5.74) is 1.83. The zero-order valence-electron chi connectivity index (χ0n) is 15.7. The smallest absolute Gasteiger partial charge is 0.337 e. The Hall–Kier alpha value is -3.04. The first-order valence-electron chi connectivity index (χ1n) is 8.91. The number of thiocarbonyl (C=S) groups is 1. The van der Waals surface area contributed by atoms with E-state index in [1.165, 1.54) is 25.3 Å². The molecule has 0 bridgehead atoms. The molecule has 2 N–H and O–H groups in total. The van der Waals surface area contributed by atoms with Crippen LogP contribution in [0, 0.1) is 5.82 Å². The zero-order valence-corrected chi connectivity index (χ0v) is 16.6. The number of esters is 1. The Labute approximate surface area is 172 Å². The van der Waals surface area contributed by atoms with Crippen LogP contribution in [-0.4, -0.2) is 50.4 Å². The van der Waals surface area contributed by atoms with Gasteiger partial charge in [-0.3, -0.25) is 10.1 Å². The molecule has 1 amide bonds. The molecule has 0 aliphatic carbocycles. The van der Waals surface area contributed by atoms with Crippen molar-refractivity contribution in [3.63, 3.8) is 0 Å². The van der Waals surface area contributed by atoms with E-state index in [1.54, 1.807) is 18.2 Å². The number of amides is 1. The van der Waals surface area contributed by atoms with Crippen molar-refractivity contribution in [2.75, 3.05) is 43.6 Å². The lowest BCUT2D eigenvalue weighted by Gasteiger charge is -2.31. The number of hydrogen-bond donors (Lipinski definition) is 2. The molecule has 2 aromatic carbocycles. The Balaban J connectivity index is 1.80. The summed E-state index contributed by atoms with van der Waals surface area (Å²) in [6, 6.07) is 10.4. The maximum atomic E-state index is 13.3. The second kappa shape index (κ2) is 9.44. The highest BCUT2D eigenvalue weighted by molar-refractivity contribution is 7.80. The third-order valence-corrected chi connectivity index (χ3v) is 4.54. The van der Waals surface area contributed by atoms with Gasteiger partial charge in [0.05, 0.1) is 37.3 Å². The topological polar surface area (TPSA) is 79.9 Å². The Kier molecular flexibility index (Phi) is 6.73. The van der Waals surface area contributed by atoms with Crippen molar-refractivity contribution < 1.29 is 23.5 Å². The van der Waals surface area contributed by atoms with Crippen molar-refractivity contribution in [1.29, 1.82) is 0 Å². The number of anilines is 2. The average Bonchev–Trinajstić information content (AvgIpc) is 2.73. The van der Waals surface area contributed by atoms with Gasteiger partial charge in [-0.2, -0.15) is 0 Å². The molecule has 1 heterocycles. The van der Waals surface area contributed by atoms with Crippen molar-refractivity contribution in [2.24, 2.45) is 0 Å². The van der Waals surface area contributed by atoms with Gasteiger partial charge in [-0.15, -0.1) is 0 Å². The first-order valence-corrected chi connectivity index (χ1v) is 9.31. The van der Waals surface area contributed by atoms with Gasteiger partial charge in [0.1, 0.15) is 5.82 Å². The van der Waals surface area contributed by atoms with Crippen LogP contribution in [-0.2, 0) is 9.47 Å². The van der Waals surface area contributed by atoms with Crippen molar-refractivity contribution in [3.05, 3.63) is 59.4 Å². The molecule has 1 fully saturated rings. The number of nitrogens with one attached hydrogen (secondary N) is 2. The lowest BCUT2D eigenvalue weighted by molar-refractivity contribution is 0.0600. The molecule has 0 radical (unpaired) electrons. The fourth-order valence-corrected chi connectivity index (χ4v) is 3.12. The number of carbonyl (C=O) groups is 2. The molecule has 0 aromatic heterocycles. The van der Waals surface area contributed by atoms with Gasteiger partial charge in [-0.05, 0) is 48.6 Å². The lowest BCUT2D eigenvalue weighted by atomic mass is 10.1. The lowest BCUT2D eigenvalue weighted by Crippen LogP contribution is -2.38. The molecule has 9 heteroatoms. The van der Waals surface area contributed by atoms with Crippen LogP contribution in [0.2, 0.25) is 0 Å². The minimum Gasteiger partial charge on any atom is -0.465 e. The summed E-state index contributed by atoms with van der Waals surface area (Å²) in [5, 5.41) is 5.50. The number of rotatable bonds is 4. The second-order valence-electron chi connectivity index (χ2n) is 6.24. The molecule has 152 valence electrons. The molecular formula is C20H20FN3O4S. The van der Waals surface area contributed by atoms with Crippen LogP contribution in [0.3, 0.4) is 0 Å². The van der Waals surface area contributed by atoms with Crippen LogP contribution in [0.25, 0.3) is 0 Å². The number of nitrogens with zero attached hydrogens (tertiary/aromatic N) is 1. The molecule has 0 spiro atoms. The minimum atomic E-state index is -0.543. The van der Waals surface area contributed by atoms with Gasteiger partial charge in [-0.25, -0.2) is 9.18 Å². The van der Waals surface area contributed by atoms with E-state index in [1.807, 2.05) is 0 Å². The molecule has 0 unspecified atom stereocenters. The molecule has 7 nitrogen and oxygen atoms in total. The Morgan fingerprint density at radius 2 is 1.90 bits per heavy atom. The number of halogens is 1. The highest BCUT2D eigenvalue weighted by atomic mass is 32.1. The highest BCUT2D eigenvalue weighted by Crippen LogP contribution is 2.28. The third-order valence-electron chi connectivity index (χ3n) is 4.33. The molecule has 1 saturated heterocycles. The number of benzene rings is 2. The molecule has 3 rings (SSSR count). The molecule has 0 saturated carbocycles. The quantitative estimate of drug-likeness (QED) is 0.585. The summed E-state index contributed by atoms with van der Waals surface area (Å²) in [6.07, 6.45) is 0. The summed E-state index contributed by atoms with van der Waals surface area (Å²) < 4.78 is 23.5. The summed E-state index contributed by atoms with van der Waals surface area (Å²) in [7, 11) is 1.30. The molecule has 29 heavy (non-hydrogen) atoms. The first kappa shape index (κ1) is 20.7. The van der Waals surface area contributed by atoms with Crippen LogP contribution in [0.1, 0.15) is 20.7 Å². The SMILES string of the molecule is COC(=O)c1ccc(N2CCOCC2)c(NC(=S)NC(=O)c2cccc(F)c2)c1. The van der Waals surface area contributed by atoms with Gasteiger partial charge < -0.3 is 19.7 Å². The molecule has 2 aromatic rings. The van der Waals surface area contributed by atoms with Gasteiger partial charge >= 0.3 is 5.97 Å². The van der Waals surface area contributed by atoms with Gasteiger partial charge in [0, 0.05) is 18.7 Å². The van der Waals surface area contributed by atoms with Crippen LogP contribution >= 0.6 is 12.2 Å². The molecular weight excluding hydrogens is 397 g/mol. The normalized spacial score (nSPS) is 13.5. The maximum absolute atomic E-state index is 13.3. The predicted octanol–water partition coefficient (Wildman–Crippen LogP) is 2.58. The second-order valence-corrected chi connectivity index (χ2v) is 6.65. The van der Waals surface area contributed by atoms with Gasteiger partial charge in [-0.1, -0.05) is 6.07 Å². The van der Waals surface area contributed by atoms with E-state index >= 15 is 0 Å². The van der Waals surface area contributed by atoms with E-state index in [9.17, 15) is 14.0 Å². The standard InChI is InChI=1S/C20H20FN3O4S/c1-27-19(26)14-5-6-17(24-7-9-28-10-8-24)16(12-14)22-20(29)23-18(25)13-3-2-4-15(21)11-13/h2-6,11-12H,7-10H2,1H3,(H2,22,23,25,29). The van der Waals surface area contributed by atoms with Gasteiger partial charge in [0.25, 0.3) is 5.91 Å². The Morgan fingerprint density at radius 3 is 2.59 bits per heavy atom. The van der Waals surface area contributed by atoms with Crippen LogP contribution in [0.15, 0.2) is 42.5 Å². The van der Waals surface area contributed by atoms with E-state index in [4.69, 9.17) is 21.7 Å². The van der Waals surface area contributed by atoms with Crippen LogP contribution < -0.4 is 15.5 Å². The fraction of sp³-hybridized carbons (Fsp3) is 0.250. The average molecular weight is 417 g/mol. The summed E-state index contributed by atoms with van der Waals surface area (Å²) in [5.74, 6) is -1.55. The summed E-state index contributed by atoms with van der Waals surface area (Å²) in [4.78, 5) is 26.3. The number of morpholine rings is 1. The minimum absolute atomic E-state index is 0.0239. The summed E-state index contributed by atoms with van der Waals surface area (Å²) in [6.45, 7) is 2.52. The number of methoxy groups -OCH3 is 1. The van der Waals surface area contributed by atoms with Crippen molar-refractivity contribution >= 4 is 40.6 Å². The third kappa shape index (κ3) is 5.27. The maximum Gasteiger partial charge on any atom is 0.337 e. The largest absolute Gasteiger partial charge is 0.465 e. The Bertz CT molecular complexity index is 932. The van der Waals surface area contributed by atoms with Crippen LogP contribution in [0.4, 0.5) is 15.8 Å². The first-order chi connectivity index (χ1) is 14.0. The van der Waals surface area contributed by atoms with Gasteiger partial charge in [0.2, 0.25) is 0 Å². The highest BCUT2D eigenvalue weighted by Gasteiger charge is 2.18. The van der Waals surface area contributed by atoms with Gasteiger partial charge in [0.15, 0.2) is 5.11 Å². The molecule has 1 aliphatic heterocycles. The van der Waals surface area contributed by atoms with E-state index in [2.05, 4.69) is 15.5 Å². The van der Waals surface area contributed by atoms with Crippen molar-refractivity contribution in [2.45, 2.75) is 0 Å². The fourth-order valence-electron chi connectivity index (χ4n) is 2.92. The van der Waals surface area contributed by atoms with E-state index < -0.39 is 17.7 Å². The molecule has 0 atom stereocenters. The van der Waals surface area contributed by atoms with E-state index in [-0.39, 0.29) is 10.7 Å². The molecule has 1 aliphatic rings. The van der Waals surface area contributed by atoms with E-state index in [0.29, 0.717) is 37.6 Å². The zero-order chi connectivity index (χ0) is 20.8. The number of carbonyl (C=O) groups excluding carboxylic acids is 2. The monoisotopic (exact) mass is 417 g/mol. The van der Waals surface area contributed by atoms with Crippen molar-refractivity contribution in [3.8, 4) is 0 Å². The van der Waals surface area contributed by atoms with Crippen LogP contribution in [0.5, 0.6) is 0 Å². The van der Waals surface area contributed by atoms with Crippen molar-refractivity contribution in [1.82, 2.24) is 5.32 Å². The van der Waals surface area contributed by atoms with E-state index in [0.717, 1.165) is 11.8 Å². The summed E-state index contributed by atoms with van der Waals surface area (Å²) >= 11 is 5.25.